The number of carbonyl (C=O) groups excluding carboxylic acids is 1. The van der Waals surface area contributed by atoms with Crippen LogP contribution in [-0.2, 0) is 4.79 Å². The lowest BCUT2D eigenvalue weighted by atomic mass is 9.85. The van der Waals surface area contributed by atoms with Gasteiger partial charge >= 0.3 is 0 Å². The number of aromatic hydroxyl groups is 1. The molecule has 0 aromatic heterocycles. The minimum atomic E-state index is -0.156. The molecular weight excluding hydrogens is 214 g/mol. The van der Waals surface area contributed by atoms with Gasteiger partial charge in [-0.3, -0.25) is 4.79 Å². The third-order valence-corrected chi connectivity index (χ3v) is 3.48. The zero-order valence-electron chi connectivity index (χ0n) is 9.52. The van der Waals surface area contributed by atoms with Gasteiger partial charge in [0.1, 0.15) is 5.75 Å². The molecular formula is C14H15NO2. The van der Waals surface area contributed by atoms with Crippen molar-refractivity contribution in [3.63, 3.8) is 0 Å². The van der Waals surface area contributed by atoms with E-state index < -0.39 is 0 Å². The Bertz CT molecular complexity index is 472. The summed E-state index contributed by atoms with van der Waals surface area (Å²) < 4.78 is 0. The standard InChI is InChI=1S/C14H15NO2/c16-11-5-3-10(4-6-11)13-12(9-1-2-9)7-8-15-14(13)17/h3-7,9,13,16H,1-2,8H2,(H,15,17). The molecule has 1 unspecified atom stereocenters. The second kappa shape index (κ2) is 3.91. The van der Waals surface area contributed by atoms with E-state index in [4.69, 9.17) is 0 Å². The first-order chi connectivity index (χ1) is 8.25. The topological polar surface area (TPSA) is 49.3 Å². The van der Waals surface area contributed by atoms with Crippen LogP contribution in [0, 0.1) is 5.92 Å². The number of phenols is 1. The van der Waals surface area contributed by atoms with Crippen LogP contribution in [0.1, 0.15) is 24.3 Å². The smallest absolute Gasteiger partial charge is 0.231 e. The van der Waals surface area contributed by atoms with Gasteiger partial charge in [-0.15, -0.1) is 0 Å². The molecule has 1 aromatic carbocycles. The van der Waals surface area contributed by atoms with Gasteiger partial charge in [-0.25, -0.2) is 0 Å². The highest BCUT2D eigenvalue weighted by molar-refractivity contribution is 5.88. The van der Waals surface area contributed by atoms with E-state index in [-0.39, 0.29) is 17.6 Å². The second-order valence-electron chi connectivity index (χ2n) is 4.75. The molecule has 0 spiro atoms. The highest BCUT2D eigenvalue weighted by atomic mass is 16.3. The molecule has 0 radical (unpaired) electrons. The van der Waals surface area contributed by atoms with Gasteiger partial charge in [0.15, 0.2) is 0 Å². The van der Waals surface area contributed by atoms with Crippen molar-refractivity contribution in [1.29, 1.82) is 0 Å². The first-order valence-electron chi connectivity index (χ1n) is 6.02. The first kappa shape index (κ1) is 10.4. The lowest BCUT2D eigenvalue weighted by Crippen LogP contribution is -2.35. The molecule has 3 rings (SSSR count). The van der Waals surface area contributed by atoms with Crippen molar-refractivity contribution in [1.82, 2.24) is 5.32 Å². The number of benzene rings is 1. The predicted molar refractivity (Wildman–Crippen MR) is 64.7 cm³/mol. The van der Waals surface area contributed by atoms with E-state index in [2.05, 4.69) is 11.4 Å². The molecule has 1 aliphatic carbocycles. The van der Waals surface area contributed by atoms with Crippen molar-refractivity contribution in [2.75, 3.05) is 6.54 Å². The van der Waals surface area contributed by atoms with Crippen molar-refractivity contribution in [2.45, 2.75) is 18.8 Å². The number of nitrogens with one attached hydrogen (secondary N) is 1. The number of phenolic OH excluding ortho intramolecular Hbond substituents is 1. The number of carbonyl (C=O) groups is 1. The fourth-order valence-electron chi connectivity index (χ4n) is 2.47. The van der Waals surface area contributed by atoms with Gasteiger partial charge in [0, 0.05) is 6.54 Å². The molecule has 1 aromatic rings. The highest BCUT2D eigenvalue weighted by Crippen LogP contribution is 2.44. The van der Waals surface area contributed by atoms with Crippen molar-refractivity contribution >= 4 is 5.91 Å². The minimum absolute atomic E-state index is 0.0834. The summed E-state index contributed by atoms with van der Waals surface area (Å²) in [5.41, 5.74) is 2.23. The minimum Gasteiger partial charge on any atom is -0.508 e. The van der Waals surface area contributed by atoms with Gasteiger partial charge in [0.2, 0.25) is 5.91 Å². The normalized spacial score (nSPS) is 24.1. The van der Waals surface area contributed by atoms with Gasteiger partial charge in [-0.05, 0) is 36.5 Å². The Morgan fingerprint density at radius 2 is 1.88 bits per heavy atom. The van der Waals surface area contributed by atoms with Crippen molar-refractivity contribution in [2.24, 2.45) is 5.92 Å². The maximum Gasteiger partial charge on any atom is 0.231 e. The molecule has 1 aliphatic heterocycles. The maximum absolute atomic E-state index is 12.0. The molecule has 3 heteroatoms. The Morgan fingerprint density at radius 3 is 2.53 bits per heavy atom. The van der Waals surface area contributed by atoms with Crippen LogP contribution in [0.4, 0.5) is 0 Å². The molecule has 88 valence electrons. The van der Waals surface area contributed by atoms with E-state index in [1.807, 2.05) is 12.1 Å². The average molecular weight is 229 g/mol. The molecule has 0 bridgehead atoms. The van der Waals surface area contributed by atoms with E-state index in [9.17, 15) is 9.90 Å². The Kier molecular flexibility index (Phi) is 2.39. The SMILES string of the molecule is O=C1NCC=C(C2CC2)C1c1ccc(O)cc1. The van der Waals surface area contributed by atoms with Crippen LogP contribution in [0.5, 0.6) is 5.75 Å². The summed E-state index contributed by atoms with van der Waals surface area (Å²) in [5, 5.41) is 12.2. The lowest BCUT2D eigenvalue weighted by molar-refractivity contribution is -0.122. The van der Waals surface area contributed by atoms with Crippen molar-refractivity contribution in [3.8, 4) is 5.75 Å². The highest BCUT2D eigenvalue weighted by Gasteiger charge is 2.36. The fraction of sp³-hybridized carbons (Fsp3) is 0.357. The summed E-state index contributed by atoms with van der Waals surface area (Å²) in [5.74, 6) is 0.763. The van der Waals surface area contributed by atoms with Crippen LogP contribution in [0.2, 0.25) is 0 Å². The lowest BCUT2D eigenvalue weighted by Gasteiger charge is -2.24. The van der Waals surface area contributed by atoms with Gasteiger partial charge < -0.3 is 10.4 Å². The largest absolute Gasteiger partial charge is 0.508 e. The van der Waals surface area contributed by atoms with Crippen molar-refractivity contribution < 1.29 is 9.90 Å². The molecule has 1 amide bonds. The second-order valence-corrected chi connectivity index (χ2v) is 4.75. The summed E-state index contributed by atoms with van der Waals surface area (Å²) >= 11 is 0. The molecule has 1 atom stereocenters. The number of rotatable bonds is 2. The molecule has 1 saturated carbocycles. The summed E-state index contributed by atoms with van der Waals surface area (Å²) in [6.07, 6.45) is 4.55. The Labute approximate surface area is 100 Å². The van der Waals surface area contributed by atoms with Gasteiger partial charge in [0.05, 0.1) is 5.92 Å². The third-order valence-electron chi connectivity index (χ3n) is 3.48. The predicted octanol–water partition coefficient (Wildman–Crippen LogP) is 1.94. The number of hydrogen-bond donors (Lipinski definition) is 2. The van der Waals surface area contributed by atoms with E-state index >= 15 is 0 Å². The molecule has 17 heavy (non-hydrogen) atoms. The van der Waals surface area contributed by atoms with Gasteiger partial charge in [-0.1, -0.05) is 23.8 Å². The molecule has 1 fully saturated rings. The number of amides is 1. The fourth-order valence-corrected chi connectivity index (χ4v) is 2.47. The molecule has 3 nitrogen and oxygen atoms in total. The van der Waals surface area contributed by atoms with E-state index in [1.54, 1.807) is 12.1 Å². The van der Waals surface area contributed by atoms with Crippen LogP contribution in [0.25, 0.3) is 0 Å². The molecule has 2 N–H and O–H groups in total. The summed E-state index contributed by atoms with van der Waals surface area (Å²) in [6.45, 7) is 0.652. The first-order valence-corrected chi connectivity index (χ1v) is 6.02. The molecule has 0 saturated heterocycles. The van der Waals surface area contributed by atoms with E-state index in [0.29, 0.717) is 12.5 Å². The Balaban J connectivity index is 1.97. The summed E-state index contributed by atoms with van der Waals surface area (Å²) in [4.78, 5) is 12.0. The molecule has 1 heterocycles. The maximum atomic E-state index is 12.0. The van der Waals surface area contributed by atoms with Crippen LogP contribution in [0.3, 0.4) is 0 Å². The summed E-state index contributed by atoms with van der Waals surface area (Å²) in [7, 11) is 0. The summed E-state index contributed by atoms with van der Waals surface area (Å²) in [6, 6.07) is 6.95. The van der Waals surface area contributed by atoms with Crippen LogP contribution in [0.15, 0.2) is 35.9 Å². The Hall–Kier alpha value is -1.77. The third kappa shape index (κ3) is 1.93. The average Bonchev–Trinajstić information content (AvgIpc) is 3.14. The van der Waals surface area contributed by atoms with Crippen molar-refractivity contribution in [3.05, 3.63) is 41.5 Å². The van der Waals surface area contributed by atoms with Crippen LogP contribution < -0.4 is 5.32 Å². The van der Waals surface area contributed by atoms with E-state index in [0.717, 1.165) is 5.56 Å². The molecule has 2 aliphatic rings. The monoisotopic (exact) mass is 229 g/mol. The quantitative estimate of drug-likeness (QED) is 0.761. The van der Waals surface area contributed by atoms with Crippen LogP contribution >= 0.6 is 0 Å². The van der Waals surface area contributed by atoms with E-state index in [1.165, 1.54) is 18.4 Å². The zero-order chi connectivity index (χ0) is 11.8. The van der Waals surface area contributed by atoms with Gasteiger partial charge in [-0.2, -0.15) is 0 Å². The van der Waals surface area contributed by atoms with Crippen LogP contribution in [-0.4, -0.2) is 17.6 Å². The Morgan fingerprint density at radius 1 is 1.18 bits per heavy atom. The number of hydrogen-bond acceptors (Lipinski definition) is 2. The zero-order valence-corrected chi connectivity index (χ0v) is 9.52. The van der Waals surface area contributed by atoms with Gasteiger partial charge in [0.25, 0.3) is 0 Å².